The Labute approximate surface area is 113 Å². The minimum absolute atomic E-state index is 0.00660. The minimum atomic E-state index is -0.852. The summed E-state index contributed by atoms with van der Waals surface area (Å²) in [4.78, 5) is 11.2. The van der Waals surface area contributed by atoms with Crippen LogP contribution in [0.2, 0.25) is 5.02 Å². The number of carboxylic acids is 1. The van der Waals surface area contributed by atoms with Gasteiger partial charge >= 0.3 is 5.97 Å². The first-order valence-corrected chi connectivity index (χ1v) is 6.37. The van der Waals surface area contributed by atoms with Gasteiger partial charge in [0.2, 0.25) is 0 Å². The molecule has 0 saturated heterocycles. The molecule has 1 unspecified atom stereocenters. The van der Waals surface area contributed by atoms with Gasteiger partial charge < -0.3 is 10.8 Å². The van der Waals surface area contributed by atoms with Crippen LogP contribution in [-0.2, 0) is 10.2 Å². The lowest BCUT2D eigenvalue weighted by molar-refractivity contribution is -0.139. The number of hydrogen-bond donors (Lipinski definition) is 2. The van der Waals surface area contributed by atoms with Gasteiger partial charge in [-0.25, -0.2) is 0 Å². The normalized spacial score (nSPS) is 15.2. The quantitative estimate of drug-likeness (QED) is 0.863. The van der Waals surface area contributed by atoms with Crippen molar-refractivity contribution in [2.45, 2.75) is 44.6 Å². The molecule has 0 spiro atoms. The van der Waals surface area contributed by atoms with Crippen molar-refractivity contribution in [2.75, 3.05) is 0 Å². The average molecular weight is 270 g/mol. The lowest BCUT2D eigenvalue weighted by Gasteiger charge is -2.44. The van der Waals surface area contributed by atoms with Crippen LogP contribution in [0.25, 0.3) is 0 Å². The fourth-order valence-electron chi connectivity index (χ4n) is 2.53. The summed E-state index contributed by atoms with van der Waals surface area (Å²) in [5, 5.41) is 9.78. The van der Waals surface area contributed by atoms with E-state index >= 15 is 0 Å². The molecule has 1 aromatic carbocycles. The van der Waals surface area contributed by atoms with E-state index < -0.39 is 16.9 Å². The molecule has 0 saturated carbocycles. The summed E-state index contributed by atoms with van der Waals surface area (Å²) in [7, 11) is 0. The number of carbonyl (C=O) groups is 1. The molecule has 0 aliphatic carbocycles. The number of rotatable bonds is 5. The van der Waals surface area contributed by atoms with Crippen molar-refractivity contribution in [1.82, 2.24) is 0 Å². The highest BCUT2D eigenvalue weighted by Gasteiger charge is 2.44. The van der Waals surface area contributed by atoms with E-state index in [4.69, 9.17) is 17.3 Å². The molecule has 1 atom stereocenters. The molecule has 0 bridgehead atoms. The van der Waals surface area contributed by atoms with Crippen molar-refractivity contribution in [1.29, 1.82) is 0 Å². The summed E-state index contributed by atoms with van der Waals surface area (Å²) in [5.74, 6) is -0.852. The predicted molar refractivity (Wildman–Crippen MR) is 73.9 cm³/mol. The zero-order valence-electron chi connectivity index (χ0n) is 11.0. The van der Waals surface area contributed by atoms with Gasteiger partial charge in [0.05, 0.1) is 6.42 Å². The second-order valence-corrected chi connectivity index (χ2v) is 5.67. The molecule has 1 aromatic rings. The number of nitrogens with two attached hydrogens (primary N) is 1. The fraction of sp³-hybridized carbons (Fsp3) is 0.500. The lowest BCUT2D eigenvalue weighted by Crippen LogP contribution is -2.54. The Morgan fingerprint density at radius 2 is 2.06 bits per heavy atom. The topological polar surface area (TPSA) is 63.3 Å². The van der Waals surface area contributed by atoms with Crippen molar-refractivity contribution < 1.29 is 9.90 Å². The molecule has 0 aromatic heterocycles. The van der Waals surface area contributed by atoms with E-state index in [0.717, 1.165) is 5.56 Å². The fourth-order valence-corrected chi connectivity index (χ4v) is 2.72. The Morgan fingerprint density at radius 3 is 2.44 bits per heavy atom. The summed E-state index contributed by atoms with van der Waals surface area (Å²) in [6, 6.07) is 7.31. The molecular formula is C14H20ClNO2. The maximum Gasteiger partial charge on any atom is 0.304 e. The van der Waals surface area contributed by atoms with Gasteiger partial charge in [-0.15, -0.1) is 0 Å². The maximum atomic E-state index is 11.2. The van der Waals surface area contributed by atoms with E-state index in [9.17, 15) is 9.90 Å². The monoisotopic (exact) mass is 269 g/mol. The van der Waals surface area contributed by atoms with Gasteiger partial charge in [-0.3, -0.25) is 4.79 Å². The summed E-state index contributed by atoms with van der Waals surface area (Å²) in [6.45, 7) is 5.68. The molecule has 0 fully saturated rings. The van der Waals surface area contributed by atoms with Crippen LogP contribution >= 0.6 is 11.6 Å². The van der Waals surface area contributed by atoms with Crippen LogP contribution < -0.4 is 5.73 Å². The van der Waals surface area contributed by atoms with Crippen molar-refractivity contribution in [3.8, 4) is 0 Å². The van der Waals surface area contributed by atoms with Gasteiger partial charge in [0, 0.05) is 16.0 Å². The third-order valence-corrected chi connectivity index (χ3v) is 3.90. The van der Waals surface area contributed by atoms with Crippen molar-refractivity contribution in [3.63, 3.8) is 0 Å². The third-order valence-electron chi connectivity index (χ3n) is 3.67. The molecule has 3 nitrogen and oxygen atoms in total. The predicted octanol–water partition coefficient (Wildman–Crippen LogP) is 3.20. The highest BCUT2D eigenvalue weighted by Crippen LogP contribution is 2.41. The molecule has 1 rings (SSSR count). The zero-order chi connectivity index (χ0) is 14.0. The van der Waals surface area contributed by atoms with Crippen LogP contribution in [0.5, 0.6) is 0 Å². The van der Waals surface area contributed by atoms with Crippen LogP contribution in [0.4, 0.5) is 0 Å². The van der Waals surface area contributed by atoms with Gasteiger partial charge in [-0.1, -0.05) is 30.7 Å². The second kappa shape index (κ2) is 5.29. The second-order valence-electron chi connectivity index (χ2n) is 5.24. The largest absolute Gasteiger partial charge is 0.481 e. The van der Waals surface area contributed by atoms with E-state index in [1.54, 1.807) is 6.07 Å². The van der Waals surface area contributed by atoms with Crippen LogP contribution in [0.15, 0.2) is 24.3 Å². The van der Waals surface area contributed by atoms with Crippen LogP contribution in [0, 0.1) is 0 Å². The van der Waals surface area contributed by atoms with Gasteiger partial charge in [0.15, 0.2) is 0 Å². The van der Waals surface area contributed by atoms with E-state index in [0.29, 0.717) is 11.4 Å². The van der Waals surface area contributed by atoms with E-state index in [1.165, 1.54) is 0 Å². The molecule has 100 valence electrons. The molecule has 0 aliphatic rings. The first-order chi connectivity index (χ1) is 8.23. The summed E-state index contributed by atoms with van der Waals surface area (Å²) < 4.78 is 0. The third kappa shape index (κ3) is 2.85. The van der Waals surface area contributed by atoms with Crippen molar-refractivity contribution in [3.05, 3.63) is 34.9 Å². The van der Waals surface area contributed by atoms with Gasteiger partial charge in [-0.05, 0) is 38.0 Å². The SMILES string of the molecule is CCC(CC(=O)O)(c1cccc(Cl)c1)C(C)(C)N. The molecule has 18 heavy (non-hydrogen) atoms. The molecule has 0 amide bonds. The minimum Gasteiger partial charge on any atom is -0.481 e. The number of carboxylic acid groups (broad SMARTS) is 1. The van der Waals surface area contributed by atoms with E-state index in [-0.39, 0.29) is 6.42 Å². The van der Waals surface area contributed by atoms with Gasteiger partial charge in [-0.2, -0.15) is 0 Å². The Balaban J connectivity index is 3.39. The molecule has 4 heteroatoms. The van der Waals surface area contributed by atoms with Crippen molar-refractivity contribution in [2.24, 2.45) is 5.73 Å². The number of aliphatic carboxylic acids is 1. The van der Waals surface area contributed by atoms with Gasteiger partial charge in [0.1, 0.15) is 0 Å². The van der Waals surface area contributed by atoms with Crippen LogP contribution in [-0.4, -0.2) is 16.6 Å². The molecule has 0 aliphatic heterocycles. The maximum absolute atomic E-state index is 11.2. The lowest BCUT2D eigenvalue weighted by atomic mass is 9.63. The Kier molecular flexibility index (Phi) is 4.41. The van der Waals surface area contributed by atoms with Crippen LogP contribution in [0.1, 0.15) is 39.2 Å². The molecule has 0 heterocycles. The molecular weight excluding hydrogens is 250 g/mol. The smallest absolute Gasteiger partial charge is 0.304 e. The van der Waals surface area contributed by atoms with Crippen molar-refractivity contribution >= 4 is 17.6 Å². The van der Waals surface area contributed by atoms with Crippen LogP contribution in [0.3, 0.4) is 0 Å². The number of halogens is 1. The molecule has 3 N–H and O–H groups in total. The van der Waals surface area contributed by atoms with Gasteiger partial charge in [0.25, 0.3) is 0 Å². The number of hydrogen-bond acceptors (Lipinski definition) is 2. The summed E-state index contributed by atoms with van der Waals surface area (Å²) in [5.41, 5.74) is 5.86. The standard InChI is InChI=1S/C14H20ClNO2/c1-4-14(9-12(17)18,13(2,3)16)10-6-5-7-11(15)8-10/h5-8H,4,9,16H2,1-3H3,(H,17,18). The summed E-state index contributed by atoms with van der Waals surface area (Å²) in [6.07, 6.45) is 0.635. The van der Waals surface area contributed by atoms with E-state index in [1.807, 2.05) is 39.0 Å². The first kappa shape index (κ1) is 15.0. The first-order valence-electron chi connectivity index (χ1n) is 5.99. The van der Waals surface area contributed by atoms with E-state index in [2.05, 4.69) is 0 Å². The number of benzene rings is 1. The Bertz CT molecular complexity index is 440. The summed E-state index contributed by atoms with van der Waals surface area (Å²) >= 11 is 6.01. The zero-order valence-corrected chi connectivity index (χ0v) is 11.8. The Hall–Kier alpha value is -1.06. The average Bonchev–Trinajstić information content (AvgIpc) is 2.23. The Morgan fingerprint density at radius 1 is 1.44 bits per heavy atom. The highest BCUT2D eigenvalue weighted by atomic mass is 35.5. The molecule has 0 radical (unpaired) electrons. The highest BCUT2D eigenvalue weighted by molar-refractivity contribution is 6.30.